The summed E-state index contributed by atoms with van der Waals surface area (Å²) in [5.74, 6) is 5.87. The second-order valence-corrected chi connectivity index (χ2v) is 13.8. The molecule has 7 rings (SSSR count). The van der Waals surface area contributed by atoms with Crippen LogP contribution in [0, 0.1) is 0 Å². The van der Waals surface area contributed by atoms with Gasteiger partial charge < -0.3 is 14.2 Å². The molecule has 0 N–H and O–H groups in total. The molecule has 0 saturated carbocycles. The van der Waals surface area contributed by atoms with Crippen molar-refractivity contribution >= 4 is 17.3 Å². The van der Waals surface area contributed by atoms with E-state index >= 15 is 0 Å². The van der Waals surface area contributed by atoms with E-state index in [0.29, 0.717) is 54.6 Å². The van der Waals surface area contributed by atoms with Crippen molar-refractivity contribution in [3.8, 4) is 51.4 Å². The van der Waals surface area contributed by atoms with Crippen LogP contribution in [0.25, 0.3) is 51.5 Å². The van der Waals surface area contributed by atoms with Gasteiger partial charge in [-0.1, -0.05) is 78.6 Å². The first-order valence-corrected chi connectivity index (χ1v) is 19.8. The van der Waals surface area contributed by atoms with E-state index in [9.17, 15) is 0 Å². The Kier molecular flexibility index (Phi) is 12.3. The van der Waals surface area contributed by atoms with Gasteiger partial charge in [0.15, 0.2) is 17.5 Å². The molecule has 0 unspecified atom stereocenters. The van der Waals surface area contributed by atoms with Gasteiger partial charge in [-0.25, -0.2) is 13.2 Å². The molecule has 0 atom stereocenters. The summed E-state index contributed by atoms with van der Waals surface area (Å²) in [6.45, 7) is 8.73. The SMILES string of the molecule is CCCCCCOc1ccc(-c2nnc3n2c2nnc(-c4ccc(OCCCCCC)cc4)n2c2nnc(-c4ccc(OCCCCCC)cc4)n32)cc1. The molecule has 12 heteroatoms. The Hall–Kier alpha value is -5.52. The summed E-state index contributed by atoms with van der Waals surface area (Å²) in [5.41, 5.74) is 2.59. The zero-order valence-corrected chi connectivity index (χ0v) is 31.8. The van der Waals surface area contributed by atoms with Crippen molar-refractivity contribution in [2.45, 2.75) is 97.8 Å². The van der Waals surface area contributed by atoms with Gasteiger partial charge in [0.05, 0.1) is 19.8 Å². The number of ether oxygens (including phenoxy) is 3. The van der Waals surface area contributed by atoms with E-state index in [2.05, 4.69) is 20.8 Å². The number of unbranched alkanes of at least 4 members (excludes halogenated alkanes) is 9. The van der Waals surface area contributed by atoms with E-state index in [1.807, 2.05) is 86.0 Å². The lowest BCUT2D eigenvalue weighted by Crippen LogP contribution is -2.07. The normalized spacial score (nSPS) is 11.6. The van der Waals surface area contributed by atoms with E-state index < -0.39 is 0 Å². The average molecular weight is 730 g/mol. The van der Waals surface area contributed by atoms with Crippen molar-refractivity contribution < 1.29 is 14.2 Å². The maximum atomic E-state index is 6.03. The van der Waals surface area contributed by atoms with Gasteiger partial charge >= 0.3 is 0 Å². The number of nitrogens with zero attached hydrogens (tertiary/aromatic N) is 9. The highest BCUT2D eigenvalue weighted by atomic mass is 16.5. The van der Waals surface area contributed by atoms with E-state index in [4.69, 9.17) is 44.8 Å². The van der Waals surface area contributed by atoms with Gasteiger partial charge in [0.1, 0.15) is 17.2 Å². The van der Waals surface area contributed by atoms with Crippen molar-refractivity contribution in [2.75, 3.05) is 19.8 Å². The van der Waals surface area contributed by atoms with Gasteiger partial charge in [-0.15, -0.1) is 30.6 Å². The van der Waals surface area contributed by atoms with Crippen LogP contribution in [-0.4, -0.2) is 63.6 Å². The molecule has 0 radical (unpaired) electrons. The smallest absolute Gasteiger partial charge is 0.247 e. The number of hydrogen-bond donors (Lipinski definition) is 0. The van der Waals surface area contributed by atoms with E-state index in [-0.39, 0.29) is 0 Å². The summed E-state index contributed by atoms with van der Waals surface area (Å²) >= 11 is 0. The van der Waals surface area contributed by atoms with Crippen LogP contribution in [0.15, 0.2) is 72.8 Å². The summed E-state index contributed by atoms with van der Waals surface area (Å²) < 4.78 is 23.8. The molecule has 12 nitrogen and oxygen atoms in total. The predicted octanol–water partition coefficient (Wildman–Crippen LogP) is 9.69. The maximum absolute atomic E-state index is 6.03. The molecular formula is C42H51N9O3. The van der Waals surface area contributed by atoms with Crippen molar-refractivity contribution in [1.29, 1.82) is 0 Å². The Morgan fingerprint density at radius 2 is 0.630 bits per heavy atom. The monoisotopic (exact) mass is 729 g/mol. The quantitative estimate of drug-likeness (QED) is 0.0666. The largest absolute Gasteiger partial charge is 0.494 e. The lowest BCUT2D eigenvalue weighted by Gasteiger charge is -2.10. The molecule has 282 valence electrons. The third-order valence-corrected chi connectivity index (χ3v) is 9.68. The summed E-state index contributed by atoms with van der Waals surface area (Å²) in [5, 5.41) is 28.2. The minimum Gasteiger partial charge on any atom is -0.494 e. The molecule has 0 aliphatic rings. The predicted molar refractivity (Wildman–Crippen MR) is 211 cm³/mol. The summed E-state index contributed by atoms with van der Waals surface area (Å²) in [4.78, 5) is 0. The minimum atomic E-state index is 0.519. The maximum Gasteiger partial charge on any atom is 0.247 e. The molecule has 4 heterocycles. The van der Waals surface area contributed by atoms with Crippen LogP contribution in [-0.2, 0) is 0 Å². The Labute approximate surface area is 316 Å². The van der Waals surface area contributed by atoms with Gasteiger partial charge in [0, 0.05) is 16.7 Å². The van der Waals surface area contributed by atoms with Crippen molar-refractivity contribution in [3.05, 3.63) is 72.8 Å². The van der Waals surface area contributed by atoms with Gasteiger partial charge in [-0.2, -0.15) is 0 Å². The fourth-order valence-corrected chi connectivity index (χ4v) is 6.63. The Balaban J connectivity index is 1.26. The minimum absolute atomic E-state index is 0.519. The van der Waals surface area contributed by atoms with E-state index in [1.54, 1.807) is 0 Å². The summed E-state index contributed by atoms with van der Waals surface area (Å²) in [6.07, 6.45) is 13.9. The fourth-order valence-electron chi connectivity index (χ4n) is 6.63. The van der Waals surface area contributed by atoms with Crippen molar-refractivity contribution in [2.24, 2.45) is 0 Å². The Morgan fingerprint density at radius 1 is 0.352 bits per heavy atom. The molecule has 0 fully saturated rings. The molecule has 0 saturated heterocycles. The van der Waals surface area contributed by atoms with E-state index in [1.165, 1.54) is 57.8 Å². The van der Waals surface area contributed by atoms with Gasteiger partial charge in [0.2, 0.25) is 17.3 Å². The second-order valence-electron chi connectivity index (χ2n) is 13.8. The molecule has 3 aromatic carbocycles. The third-order valence-electron chi connectivity index (χ3n) is 9.68. The lowest BCUT2D eigenvalue weighted by atomic mass is 10.2. The molecule has 0 aliphatic heterocycles. The Bertz CT molecular complexity index is 1940. The number of aromatic nitrogens is 9. The second kappa shape index (κ2) is 18.0. The van der Waals surface area contributed by atoms with Crippen LogP contribution >= 0.6 is 0 Å². The first-order valence-electron chi connectivity index (χ1n) is 19.8. The molecule has 0 aliphatic carbocycles. The van der Waals surface area contributed by atoms with Gasteiger partial charge in [0.25, 0.3) is 0 Å². The third kappa shape index (κ3) is 8.17. The summed E-state index contributed by atoms with van der Waals surface area (Å²) in [7, 11) is 0. The number of rotatable bonds is 21. The molecule has 7 aromatic rings. The van der Waals surface area contributed by atoms with E-state index in [0.717, 1.165) is 53.2 Å². The van der Waals surface area contributed by atoms with Gasteiger partial charge in [-0.05, 0) is 92.1 Å². The van der Waals surface area contributed by atoms with Crippen LogP contribution in [0.4, 0.5) is 0 Å². The average Bonchev–Trinajstić information content (AvgIpc) is 3.96. The van der Waals surface area contributed by atoms with Crippen LogP contribution in [0.2, 0.25) is 0 Å². The highest BCUT2D eigenvalue weighted by Crippen LogP contribution is 2.30. The fraction of sp³-hybridized carbons (Fsp3) is 0.429. The molecule has 54 heavy (non-hydrogen) atoms. The van der Waals surface area contributed by atoms with Crippen LogP contribution in [0.5, 0.6) is 17.2 Å². The molecule has 0 bridgehead atoms. The lowest BCUT2D eigenvalue weighted by molar-refractivity contribution is 0.305. The zero-order valence-electron chi connectivity index (χ0n) is 31.8. The Morgan fingerprint density at radius 3 is 0.889 bits per heavy atom. The number of hydrogen-bond acceptors (Lipinski definition) is 9. The topological polar surface area (TPSA) is 118 Å². The van der Waals surface area contributed by atoms with Crippen LogP contribution in [0.3, 0.4) is 0 Å². The highest BCUT2D eigenvalue weighted by Gasteiger charge is 2.25. The van der Waals surface area contributed by atoms with Gasteiger partial charge in [-0.3, -0.25) is 0 Å². The zero-order chi connectivity index (χ0) is 37.1. The molecule has 4 aromatic heterocycles. The molecule has 0 spiro atoms. The first kappa shape index (κ1) is 36.8. The highest BCUT2D eigenvalue weighted by molar-refractivity contribution is 5.72. The number of fused-ring (bicyclic) bond motifs is 6. The standard InChI is InChI=1S/C42H51N9O3/c1-4-7-10-13-28-52-34-22-16-31(17-23-34)37-43-46-40-49(37)41-47-44-38(32-18-24-35(25-19-32)53-29-14-11-8-5-2)51(41)42-48-45-39(50(40)42)33-20-26-36(27-21-33)54-30-15-12-9-6-3/h16-27H,4-15,28-30H2,1-3H3. The van der Waals surface area contributed by atoms with Crippen LogP contribution in [0.1, 0.15) is 97.8 Å². The first-order chi connectivity index (χ1) is 26.7. The number of benzene rings is 3. The molecule has 0 amide bonds. The van der Waals surface area contributed by atoms with Crippen molar-refractivity contribution in [1.82, 2.24) is 43.8 Å². The molecular weight excluding hydrogens is 679 g/mol. The summed E-state index contributed by atoms with van der Waals surface area (Å²) in [6, 6.07) is 23.9. The van der Waals surface area contributed by atoms with Crippen LogP contribution < -0.4 is 14.2 Å². The van der Waals surface area contributed by atoms with Crippen molar-refractivity contribution in [3.63, 3.8) is 0 Å².